The molecular weight excluding hydrogens is 391 g/mol. The van der Waals surface area contributed by atoms with Crippen LogP contribution in [0.3, 0.4) is 0 Å². The van der Waals surface area contributed by atoms with Crippen LogP contribution in [0, 0.1) is 12.7 Å². The van der Waals surface area contributed by atoms with Crippen LogP contribution in [0.15, 0.2) is 78.9 Å². The van der Waals surface area contributed by atoms with Gasteiger partial charge in [0, 0.05) is 25.6 Å². The molecule has 0 aliphatic rings. The van der Waals surface area contributed by atoms with Gasteiger partial charge in [-0.15, -0.1) is 0 Å². The molecule has 4 nitrogen and oxygen atoms in total. The van der Waals surface area contributed by atoms with Gasteiger partial charge in [0.1, 0.15) is 11.9 Å². The number of carbonyl (C=O) groups is 2. The molecule has 3 aromatic rings. The first-order chi connectivity index (χ1) is 15.0. The number of nitrogens with one attached hydrogen (secondary N) is 1. The number of amides is 2. The van der Waals surface area contributed by atoms with Crippen LogP contribution >= 0.6 is 0 Å². The summed E-state index contributed by atoms with van der Waals surface area (Å²) in [5, 5.41) is 2.67. The number of hydrogen-bond donors (Lipinski definition) is 1. The lowest BCUT2D eigenvalue weighted by molar-refractivity contribution is -0.140. The monoisotopic (exact) mass is 418 g/mol. The fraction of sp³-hybridized carbons (Fsp3) is 0.231. The Hall–Kier alpha value is -3.47. The minimum Gasteiger partial charge on any atom is -0.357 e. The lowest BCUT2D eigenvalue weighted by Crippen LogP contribution is -2.50. The molecule has 0 saturated carbocycles. The molecule has 0 bridgehead atoms. The third-order valence-electron chi connectivity index (χ3n) is 5.25. The first kappa shape index (κ1) is 22.2. The highest BCUT2D eigenvalue weighted by Gasteiger charge is 2.30. The zero-order valence-electron chi connectivity index (χ0n) is 17.8. The largest absolute Gasteiger partial charge is 0.357 e. The zero-order valence-corrected chi connectivity index (χ0v) is 17.8. The summed E-state index contributed by atoms with van der Waals surface area (Å²) >= 11 is 0. The molecule has 0 radical (unpaired) electrons. The lowest BCUT2D eigenvalue weighted by Gasteiger charge is -2.31. The molecule has 2 amide bonds. The molecule has 0 aromatic heterocycles. The molecule has 0 aliphatic heterocycles. The third-order valence-corrected chi connectivity index (χ3v) is 5.25. The van der Waals surface area contributed by atoms with Crippen molar-refractivity contribution in [1.29, 1.82) is 0 Å². The molecule has 160 valence electrons. The summed E-state index contributed by atoms with van der Waals surface area (Å²) in [6.45, 7) is 1.98. The van der Waals surface area contributed by atoms with E-state index in [1.807, 2.05) is 61.5 Å². The highest BCUT2D eigenvalue weighted by atomic mass is 19.1. The molecule has 0 fully saturated rings. The van der Waals surface area contributed by atoms with E-state index in [2.05, 4.69) is 5.32 Å². The second-order valence-corrected chi connectivity index (χ2v) is 7.60. The van der Waals surface area contributed by atoms with Gasteiger partial charge in [-0.1, -0.05) is 78.4 Å². The van der Waals surface area contributed by atoms with Crippen molar-refractivity contribution < 1.29 is 14.0 Å². The van der Waals surface area contributed by atoms with Crippen molar-refractivity contribution in [2.24, 2.45) is 0 Å². The number of aryl methyl sites for hydroxylation is 1. The van der Waals surface area contributed by atoms with E-state index in [-0.39, 0.29) is 24.8 Å². The van der Waals surface area contributed by atoms with Gasteiger partial charge < -0.3 is 10.2 Å². The van der Waals surface area contributed by atoms with Gasteiger partial charge in [0.15, 0.2) is 0 Å². The van der Waals surface area contributed by atoms with E-state index in [1.165, 1.54) is 11.0 Å². The standard InChI is InChI=1S/C26H27FN2O2/c1-19-9-8-12-21(15-19)17-25(30)29(18-22-13-6-7-14-23(22)27)24(26(31)28-2)16-20-10-4-3-5-11-20/h3-15,24H,16-18H2,1-2H3,(H,28,31). The molecule has 3 aromatic carbocycles. The first-order valence-corrected chi connectivity index (χ1v) is 10.3. The first-order valence-electron chi connectivity index (χ1n) is 10.3. The molecule has 0 spiro atoms. The van der Waals surface area contributed by atoms with Crippen molar-refractivity contribution in [2.75, 3.05) is 7.05 Å². The van der Waals surface area contributed by atoms with E-state index < -0.39 is 11.9 Å². The molecule has 1 unspecified atom stereocenters. The van der Waals surface area contributed by atoms with Gasteiger partial charge in [-0.05, 0) is 24.1 Å². The molecule has 0 aliphatic carbocycles. The van der Waals surface area contributed by atoms with Crippen LogP contribution in [0.25, 0.3) is 0 Å². The number of carbonyl (C=O) groups excluding carboxylic acids is 2. The van der Waals surface area contributed by atoms with Gasteiger partial charge in [-0.3, -0.25) is 9.59 Å². The fourth-order valence-corrected chi connectivity index (χ4v) is 3.63. The predicted octanol–water partition coefficient (Wildman–Crippen LogP) is 4.06. The van der Waals surface area contributed by atoms with Crippen LogP contribution in [0.1, 0.15) is 22.3 Å². The van der Waals surface area contributed by atoms with Crippen LogP contribution in [0.5, 0.6) is 0 Å². The molecule has 3 rings (SSSR count). The van der Waals surface area contributed by atoms with Crippen molar-refractivity contribution in [3.8, 4) is 0 Å². The average molecular weight is 419 g/mol. The topological polar surface area (TPSA) is 49.4 Å². The Morgan fingerprint density at radius 1 is 0.935 bits per heavy atom. The Bertz CT molecular complexity index is 1040. The Labute approximate surface area is 182 Å². The summed E-state index contributed by atoms with van der Waals surface area (Å²) < 4.78 is 14.4. The highest BCUT2D eigenvalue weighted by Crippen LogP contribution is 2.18. The van der Waals surface area contributed by atoms with Gasteiger partial charge in [0.25, 0.3) is 0 Å². The summed E-state index contributed by atoms with van der Waals surface area (Å²) in [7, 11) is 1.55. The van der Waals surface area contributed by atoms with Gasteiger partial charge in [0.05, 0.1) is 6.42 Å². The van der Waals surface area contributed by atoms with Crippen LogP contribution < -0.4 is 5.32 Å². The van der Waals surface area contributed by atoms with E-state index in [1.54, 1.807) is 25.2 Å². The van der Waals surface area contributed by atoms with E-state index in [9.17, 15) is 14.0 Å². The van der Waals surface area contributed by atoms with Crippen molar-refractivity contribution in [3.63, 3.8) is 0 Å². The second kappa shape index (κ2) is 10.5. The Balaban J connectivity index is 1.95. The van der Waals surface area contributed by atoms with Crippen molar-refractivity contribution in [2.45, 2.75) is 32.4 Å². The van der Waals surface area contributed by atoms with Crippen LogP contribution in [-0.4, -0.2) is 29.8 Å². The van der Waals surface area contributed by atoms with E-state index in [0.29, 0.717) is 12.0 Å². The summed E-state index contributed by atoms with van der Waals surface area (Å²) in [5.41, 5.74) is 3.22. The SMILES string of the molecule is CNC(=O)C(Cc1ccccc1)N(Cc1ccccc1F)C(=O)Cc1cccc(C)c1. The zero-order chi connectivity index (χ0) is 22.2. The number of hydrogen-bond acceptors (Lipinski definition) is 2. The molecule has 1 N–H and O–H groups in total. The minimum absolute atomic E-state index is 0.0161. The number of halogens is 1. The maximum Gasteiger partial charge on any atom is 0.242 e. The molecule has 31 heavy (non-hydrogen) atoms. The van der Waals surface area contributed by atoms with E-state index in [4.69, 9.17) is 0 Å². The Kier molecular flexibility index (Phi) is 7.55. The lowest BCUT2D eigenvalue weighted by atomic mass is 10.0. The third kappa shape index (κ3) is 6.01. The summed E-state index contributed by atoms with van der Waals surface area (Å²) in [6, 6.07) is 22.8. The van der Waals surface area contributed by atoms with Crippen LogP contribution in [0.2, 0.25) is 0 Å². The summed E-state index contributed by atoms with van der Waals surface area (Å²) in [6.07, 6.45) is 0.479. The van der Waals surface area contributed by atoms with Crippen LogP contribution in [0.4, 0.5) is 4.39 Å². The number of likely N-dealkylation sites (N-methyl/N-ethyl adjacent to an activating group) is 1. The van der Waals surface area contributed by atoms with Crippen molar-refractivity contribution >= 4 is 11.8 Å². The van der Waals surface area contributed by atoms with Gasteiger partial charge >= 0.3 is 0 Å². The molecular formula is C26H27FN2O2. The Morgan fingerprint density at radius 2 is 1.61 bits per heavy atom. The maximum atomic E-state index is 14.4. The highest BCUT2D eigenvalue weighted by molar-refractivity contribution is 5.88. The normalized spacial score (nSPS) is 11.6. The van der Waals surface area contributed by atoms with Gasteiger partial charge in [-0.2, -0.15) is 0 Å². The summed E-state index contributed by atoms with van der Waals surface area (Å²) in [5.74, 6) is -0.901. The average Bonchev–Trinajstić information content (AvgIpc) is 2.77. The van der Waals surface area contributed by atoms with Gasteiger partial charge in [-0.25, -0.2) is 4.39 Å². The van der Waals surface area contributed by atoms with E-state index >= 15 is 0 Å². The maximum absolute atomic E-state index is 14.4. The number of rotatable bonds is 8. The van der Waals surface area contributed by atoms with Crippen LogP contribution in [-0.2, 0) is 29.0 Å². The number of nitrogens with zero attached hydrogens (tertiary/aromatic N) is 1. The summed E-state index contributed by atoms with van der Waals surface area (Å²) in [4.78, 5) is 27.8. The smallest absolute Gasteiger partial charge is 0.242 e. The van der Waals surface area contributed by atoms with Gasteiger partial charge in [0.2, 0.25) is 11.8 Å². The quantitative estimate of drug-likeness (QED) is 0.600. The minimum atomic E-state index is -0.760. The molecule has 5 heteroatoms. The predicted molar refractivity (Wildman–Crippen MR) is 120 cm³/mol. The van der Waals surface area contributed by atoms with Crippen molar-refractivity contribution in [3.05, 3.63) is 107 Å². The second-order valence-electron chi connectivity index (χ2n) is 7.60. The van der Waals surface area contributed by atoms with Crippen molar-refractivity contribution in [1.82, 2.24) is 10.2 Å². The Morgan fingerprint density at radius 3 is 2.29 bits per heavy atom. The molecule has 0 heterocycles. The molecule has 1 atom stereocenters. The number of benzene rings is 3. The van der Waals surface area contributed by atoms with E-state index in [0.717, 1.165) is 16.7 Å². The fourth-order valence-electron chi connectivity index (χ4n) is 3.63. The molecule has 0 saturated heterocycles.